The zero-order chi connectivity index (χ0) is 9.80. The second-order valence-corrected chi connectivity index (χ2v) is 3.72. The van der Waals surface area contributed by atoms with E-state index in [1.807, 2.05) is 19.1 Å². The maximum atomic E-state index is 5.43. The first-order chi connectivity index (χ1) is 6.84. The highest BCUT2D eigenvalue weighted by Crippen LogP contribution is 2.09. The molecule has 0 bridgehead atoms. The molecule has 4 nitrogen and oxygen atoms in total. The third-order valence-corrected chi connectivity index (χ3v) is 2.43. The van der Waals surface area contributed by atoms with Crippen molar-refractivity contribution >= 4 is 16.7 Å². The molecule has 0 radical (unpaired) electrons. The van der Waals surface area contributed by atoms with Crippen molar-refractivity contribution < 1.29 is 4.42 Å². The van der Waals surface area contributed by atoms with Gasteiger partial charge in [-0.25, -0.2) is 4.98 Å². The number of anilines is 1. The monoisotopic (exact) mass is 209 g/mol. The summed E-state index contributed by atoms with van der Waals surface area (Å²) >= 11 is 1.36. The molecule has 0 aliphatic rings. The molecule has 0 aliphatic heterocycles. The Morgan fingerprint density at radius 3 is 3.07 bits per heavy atom. The lowest BCUT2D eigenvalue weighted by atomic mass is 10.3. The lowest BCUT2D eigenvalue weighted by molar-refractivity contribution is 0.486. The van der Waals surface area contributed by atoms with E-state index in [4.69, 9.17) is 4.42 Å². The van der Waals surface area contributed by atoms with Crippen molar-refractivity contribution in [2.45, 2.75) is 13.3 Å². The van der Waals surface area contributed by atoms with Gasteiger partial charge in [0.2, 0.25) is 5.13 Å². The highest BCUT2D eigenvalue weighted by molar-refractivity contribution is 7.09. The van der Waals surface area contributed by atoms with Crippen LogP contribution in [0.2, 0.25) is 0 Å². The van der Waals surface area contributed by atoms with Gasteiger partial charge in [0, 0.05) is 24.5 Å². The molecule has 0 unspecified atom stereocenters. The predicted molar refractivity (Wildman–Crippen MR) is 55.5 cm³/mol. The summed E-state index contributed by atoms with van der Waals surface area (Å²) in [6.07, 6.45) is 2.41. The van der Waals surface area contributed by atoms with Gasteiger partial charge in [-0.3, -0.25) is 0 Å². The van der Waals surface area contributed by atoms with E-state index in [0.717, 1.165) is 29.6 Å². The van der Waals surface area contributed by atoms with E-state index >= 15 is 0 Å². The first kappa shape index (κ1) is 9.21. The van der Waals surface area contributed by atoms with Gasteiger partial charge in [0.05, 0.1) is 0 Å². The molecule has 2 heterocycles. The van der Waals surface area contributed by atoms with Crippen molar-refractivity contribution in [3.05, 3.63) is 30.0 Å². The molecule has 5 heteroatoms. The number of nitrogens with one attached hydrogen (secondary N) is 1. The number of rotatable bonds is 4. The molecule has 0 spiro atoms. The second kappa shape index (κ2) is 4.23. The zero-order valence-electron chi connectivity index (χ0n) is 7.86. The Morgan fingerprint density at radius 2 is 2.43 bits per heavy atom. The minimum Gasteiger partial charge on any atom is -0.466 e. The molecule has 2 aromatic rings. The van der Waals surface area contributed by atoms with E-state index in [9.17, 15) is 0 Å². The number of furan rings is 1. The Kier molecular flexibility index (Phi) is 2.78. The van der Waals surface area contributed by atoms with Crippen molar-refractivity contribution in [1.29, 1.82) is 0 Å². The number of aromatic nitrogens is 2. The van der Waals surface area contributed by atoms with Gasteiger partial charge in [-0.1, -0.05) is 0 Å². The van der Waals surface area contributed by atoms with Gasteiger partial charge in [-0.2, -0.15) is 4.37 Å². The van der Waals surface area contributed by atoms with Gasteiger partial charge < -0.3 is 9.73 Å². The minimum atomic E-state index is 0.822. The lowest BCUT2D eigenvalue weighted by Gasteiger charge is -1.98. The fraction of sp³-hybridized carbons (Fsp3) is 0.333. The summed E-state index contributed by atoms with van der Waals surface area (Å²) in [7, 11) is 0. The normalized spacial score (nSPS) is 10.4. The van der Waals surface area contributed by atoms with Crippen molar-refractivity contribution in [2.75, 3.05) is 11.9 Å². The van der Waals surface area contributed by atoms with Gasteiger partial charge in [0.25, 0.3) is 0 Å². The van der Waals surface area contributed by atoms with Crippen LogP contribution in [0.5, 0.6) is 0 Å². The highest BCUT2D eigenvalue weighted by Gasteiger charge is 1.99. The van der Waals surface area contributed by atoms with E-state index in [-0.39, 0.29) is 0 Å². The van der Waals surface area contributed by atoms with Gasteiger partial charge in [0.1, 0.15) is 17.8 Å². The first-order valence-electron chi connectivity index (χ1n) is 4.40. The Morgan fingerprint density at radius 1 is 1.50 bits per heavy atom. The second-order valence-electron chi connectivity index (χ2n) is 2.94. The molecule has 74 valence electrons. The average molecular weight is 209 g/mol. The smallest absolute Gasteiger partial charge is 0.202 e. The summed E-state index contributed by atoms with van der Waals surface area (Å²) in [5.41, 5.74) is 0. The van der Waals surface area contributed by atoms with Crippen molar-refractivity contribution in [3.8, 4) is 0 Å². The Bertz CT molecular complexity index is 382. The minimum absolute atomic E-state index is 0.822. The highest BCUT2D eigenvalue weighted by atomic mass is 32.1. The summed E-state index contributed by atoms with van der Waals surface area (Å²) in [4.78, 5) is 4.02. The fourth-order valence-electron chi connectivity index (χ4n) is 1.16. The molecule has 14 heavy (non-hydrogen) atoms. The average Bonchev–Trinajstić information content (AvgIpc) is 2.77. The maximum Gasteiger partial charge on any atom is 0.202 e. The molecule has 0 atom stereocenters. The van der Waals surface area contributed by atoms with Crippen LogP contribution >= 0.6 is 11.5 Å². The Hall–Kier alpha value is -1.36. The van der Waals surface area contributed by atoms with E-state index < -0.39 is 0 Å². The maximum absolute atomic E-state index is 5.43. The number of nitrogens with zero attached hydrogens (tertiary/aromatic N) is 2. The summed E-state index contributed by atoms with van der Waals surface area (Å²) in [6, 6.07) is 3.97. The molecule has 2 rings (SSSR count). The van der Waals surface area contributed by atoms with Crippen molar-refractivity contribution in [2.24, 2.45) is 0 Å². The van der Waals surface area contributed by atoms with Crippen LogP contribution in [-0.2, 0) is 6.42 Å². The van der Waals surface area contributed by atoms with Crippen LogP contribution in [0.4, 0.5) is 5.13 Å². The number of hydrogen-bond acceptors (Lipinski definition) is 5. The summed E-state index contributed by atoms with van der Waals surface area (Å²) in [5, 5.41) is 4.02. The van der Waals surface area contributed by atoms with Gasteiger partial charge >= 0.3 is 0 Å². The predicted octanol–water partition coefficient (Wildman–Crippen LogP) is 2.09. The summed E-state index contributed by atoms with van der Waals surface area (Å²) in [6.45, 7) is 2.77. The largest absolute Gasteiger partial charge is 0.466 e. The third kappa shape index (κ3) is 2.32. The van der Waals surface area contributed by atoms with Crippen molar-refractivity contribution in [3.63, 3.8) is 0 Å². The van der Waals surface area contributed by atoms with Crippen LogP contribution in [0.1, 0.15) is 11.5 Å². The first-order valence-corrected chi connectivity index (χ1v) is 5.18. The SMILES string of the molecule is Cc1ccc(CCNc2ncns2)o1. The molecule has 0 saturated carbocycles. The van der Waals surface area contributed by atoms with Crippen LogP contribution in [0, 0.1) is 6.92 Å². The van der Waals surface area contributed by atoms with Crippen LogP contribution in [0.15, 0.2) is 22.9 Å². The molecule has 0 amide bonds. The van der Waals surface area contributed by atoms with E-state index in [2.05, 4.69) is 14.7 Å². The number of aryl methyl sites for hydroxylation is 1. The van der Waals surface area contributed by atoms with E-state index in [1.54, 1.807) is 6.33 Å². The molecule has 0 fully saturated rings. The molecular weight excluding hydrogens is 198 g/mol. The zero-order valence-corrected chi connectivity index (χ0v) is 8.67. The number of hydrogen-bond donors (Lipinski definition) is 1. The molecule has 0 aliphatic carbocycles. The Balaban J connectivity index is 1.78. The van der Waals surface area contributed by atoms with Crippen LogP contribution in [-0.4, -0.2) is 15.9 Å². The lowest BCUT2D eigenvalue weighted by Crippen LogP contribution is -2.03. The van der Waals surface area contributed by atoms with Gasteiger partial charge in [0.15, 0.2) is 0 Å². The molecule has 2 aromatic heterocycles. The van der Waals surface area contributed by atoms with E-state index in [1.165, 1.54) is 11.5 Å². The molecule has 0 saturated heterocycles. The van der Waals surface area contributed by atoms with Crippen molar-refractivity contribution in [1.82, 2.24) is 9.36 Å². The fourth-order valence-corrected chi connectivity index (χ4v) is 1.62. The standard InChI is InChI=1S/C9H11N3OS/c1-7-2-3-8(13-7)4-5-10-9-11-6-12-14-9/h2-3,6H,4-5H2,1H3,(H,10,11,12). The Labute approximate surface area is 86.1 Å². The topological polar surface area (TPSA) is 51.0 Å². The molecular formula is C9H11N3OS. The van der Waals surface area contributed by atoms with Gasteiger partial charge in [-0.15, -0.1) is 0 Å². The van der Waals surface area contributed by atoms with Crippen LogP contribution in [0.3, 0.4) is 0 Å². The molecule has 1 N–H and O–H groups in total. The van der Waals surface area contributed by atoms with Gasteiger partial charge in [-0.05, 0) is 19.1 Å². The quantitative estimate of drug-likeness (QED) is 0.837. The summed E-state index contributed by atoms with van der Waals surface area (Å²) < 4.78 is 9.33. The van der Waals surface area contributed by atoms with Crippen LogP contribution in [0.25, 0.3) is 0 Å². The summed E-state index contributed by atoms with van der Waals surface area (Å²) in [5.74, 6) is 1.95. The van der Waals surface area contributed by atoms with Crippen LogP contribution < -0.4 is 5.32 Å². The third-order valence-electron chi connectivity index (χ3n) is 1.80. The van der Waals surface area contributed by atoms with E-state index in [0.29, 0.717) is 0 Å². The molecule has 0 aromatic carbocycles.